The highest BCUT2D eigenvalue weighted by molar-refractivity contribution is 9.10. The first-order valence-electron chi connectivity index (χ1n) is 7.20. The lowest BCUT2D eigenvalue weighted by molar-refractivity contribution is 0.352. The van der Waals surface area contributed by atoms with Crippen molar-refractivity contribution in [3.63, 3.8) is 0 Å². The van der Waals surface area contributed by atoms with Crippen LogP contribution in [0.4, 0.5) is 0 Å². The summed E-state index contributed by atoms with van der Waals surface area (Å²) in [6, 6.07) is 13.5. The fourth-order valence-electron chi connectivity index (χ4n) is 3.04. The second kappa shape index (κ2) is 5.67. The second-order valence-corrected chi connectivity index (χ2v) is 7.41. The Labute approximate surface area is 137 Å². The molecule has 1 unspecified atom stereocenters. The van der Waals surface area contributed by atoms with Crippen molar-refractivity contribution in [3.8, 4) is 5.75 Å². The van der Waals surface area contributed by atoms with Crippen molar-refractivity contribution in [1.29, 1.82) is 0 Å². The minimum absolute atomic E-state index is 0.433. The lowest BCUT2D eigenvalue weighted by Crippen LogP contribution is -2.20. The molecule has 4 rings (SSSR count). The SMILES string of the molecule is Brc1cc2c(c(CNC3CSc4ccccc43)c1)OCC2. The molecule has 0 radical (unpaired) electrons. The predicted molar refractivity (Wildman–Crippen MR) is 90.1 cm³/mol. The second-order valence-electron chi connectivity index (χ2n) is 5.43. The van der Waals surface area contributed by atoms with Crippen LogP contribution in [0.15, 0.2) is 45.8 Å². The molecule has 4 heteroatoms. The van der Waals surface area contributed by atoms with Crippen molar-refractivity contribution in [2.75, 3.05) is 12.4 Å². The summed E-state index contributed by atoms with van der Waals surface area (Å²) in [7, 11) is 0. The Morgan fingerprint density at radius 1 is 1.29 bits per heavy atom. The first-order valence-corrected chi connectivity index (χ1v) is 8.98. The average molecular weight is 362 g/mol. The third kappa shape index (κ3) is 2.60. The summed E-state index contributed by atoms with van der Waals surface area (Å²) < 4.78 is 6.95. The summed E-state index contributed by atoms with van der Waals surface area (Å²) in [6.07, 6.45) is 1.02. The Kier molecular flexibility index (Phi) is 3.69. The van der Waals surface area contributed by atoms with E-state index in [2.05, 4.69) is 57.6 Å². The zero-order valence-corrected chi connectivity index (χ0v) is 14.0. The standard InChI is InChI=1S/C17H16BrNOS/c18-13-7-11-5-6-20-17(11)12(8-13)9-19-15-10-21-16-4-2-1-3-14(15)16/h1-4,7-8,15,19H,5-6,9-10H2. The maximum atomic E-state index is 5.80. The van der Waals surface area contributed by atoms with Gasteiger partial charge in [-0.15, -0.1) is 11.8 Å². The Morgan fingerprint density at radius 2 is 2.19 bits per heavy atom. The molecule has 2 aromatic carbocycles. The van der Waals surface area contributed by atoms with E-state index in [1.807, 2.05) is 11.8 Å². The van der Waals surface area contributed by atoms with Gasteiger partial charge in [-0.1, -0.05) is 34.1 Å². The summed E-state index contributed by atoms with van der Waals surface area (Å²) in [5, 5.41) is 3.69. The van der Waals surface area contributed by atoms with Gasteiger partial charge in [0, 0.05) is 39.7 Å². The molecule has 0 amide bonds. The summed E-state index contributed by atoms with van der Waals surface area (Å²) in [5.41, 5.74) is 4.00. The molecular formula is C17H16BrNOS. The summed E-state index contributed by atoms with van der Waals surface area (Å²) in [4.78, 5) is 1.41. The Bertz CT molecular complexity index is 688. The maximum Gasteiger partial charge on any atom is 0.127 e. The fourth-order valence-corrected chi connectivity index (χ4v) is 4.79. The largest absolute Gasteiger partial charge is 0.493 e. The molecule has 1 N–H and O–H groups in total. The highest BCUT2D eigenvalue weighted by Crippen LogP contribution is 2.38. The van der Waals surface area contributed by atoms with E-state index in [4.69, 9.17) is 4.74 Å². The highest BCUT2D eigenvalue weighted by atomic mass is 79.9. The van der Waals surface area contributed by atoms with Crippen LogP contribution in [0.1, 0.15) is 22.7 Å². The van der Waals surface area contributed by atoms with E-state index in [9.17, 15) is 0 Å². The normalized spacial score (nSPS) is 19.2. The van der Waals surface area contributed by atoms with Gasteiger partial charge in [0.05, 0.1) is 6.61 Å². The smallest absolute Gasteiger partial charge is 0.127 e. The topological polar surface area (TPSA) is 21.3 Å². The van der Waals surface area contributed by atoms with Gasteiger partial charge >= 0.3 is 0 Å². The molecule has 0 saturated heterocycles. The number of halogens is 1. The van der Waals surface area contributed by atoms with Crippen LogP contribution in [-0.2, 0) is 13.0 Å². The maximum absolute atomic E-state index is 5.80. The van der Waals surface area contributed by atoms with Gasteiger partial charge < -0.3 is 10.1 Å². The van der Waals surface area contributed by atoms with Crippen LogP contribution in [0, 0.1) is 0 Å². The molecule has 0 aromatic heterocycles. The number of ether oxygens (including phenoxy) is 1. The number of nitrogens with one attached hydrogen (secondary N) is 1. The molecule has 108 valence electrons. The van der Waals surface area contributed by atoms with E-state index in [1.165, 1.54) is 21.6 Å². The minimum atomic E-state index is 0.433. The summed E-state index contributed by atoms with van der Waals surface area (Å²) in [6.45, 7) is 1.65. The number of hydrogen-bond donors (Lipinski definition) is 1. The van der Waals surface area contributed by atoms with Gasteiger partial charge in [-0.3, -0.25) is 0 Å². The van der Waals surface area contributed by atoms with Crippen LogP contribution in [0.25, 0.3) is 0 Å². The molecule has 0 spiro atoms. The average Bonchev–Trinajstić information content (AvgIpc) is 3.11. The Morgan fingerprint density at radius 3 is 3.14 bits per heavy atom. The van der Waals surface area contributed by atoms with Gasteiger partial charge in [-0.2, -0.15) is 0 Å². The van der Waals surface area contributed by atoms with Crippen LogP contribution in [0.5, 0.6) is 5.75 Å². The van der Waals surface area contributed by atoms with Crippen molar-refractivity contribution in [1.82, 2.24) is 5.32 Å². The summed E-state index contributed by atoms with van der Waals surface area (Å²) in [5.74, 6) is 2.20. The number of thioether (sulfide) groups is 1. The zero-order chi connectivity index (χ0) is 14.2. The van der Waals surface area contributed by atoms with Crippen LogP contribution >= 0.6 is 27.7 Å². The van der Waals surface area contributed by atoms with Crippen molar-refractivity contribution >= 4 is 27.7 Å². The molecule has 2 heterocycles. The lowest BCUT2D eigenvalue weighted by Gasteiger charge is -2.15. The van der Waals surface area contributed by atoms with Crippen LogP contribution in [0.3, 0.4) is 0 Å². The van der Waals surface area contributed by atoms with Gasteiger partial charge in [0.25, 0.3) is 0 Å². The van der Waals surface area contributed by atoms with Crippen molar-refractivity contribution < 1.29 is 4.74 Å². The van der Waals surface area contributed by atoms with Crippen molar-refractivity contribution in [2.24, 2.45) is 0 Å². The van der Waals surface area contributed by atoms with Crippen LogP contribution in [-0.4, -0.2) is 12.4 Å². The molecule has 2 aliphatic heterocycles. The number of fused-ring (bicyclic) bond motifs is 2. The molecular weight excluding hydrogens is 346 g/mol. The first-order chi connectivity index (χ1) is 10.3. The van der Waals surface area contributed by atoms with Gasteiger partial charge in [0.15, 0.2) is 0 Å². The molecule has 2 nitrogen and oxygen atoms in total. The molecule has 0 bridgehead atoms. The number of rotatable bonds is 3. The Balaban J connectivity index is 1.54. The van der Waals surface area contributed by atoms with Crippen LogP contribution < -0.4 is 10.1 Å². The zero-order valence-electron chi connectivity index (χ0n) is 11.6. The van der Waals surface area contributed by atoms with E-state index in [0.717, 1.165) is 35.5 Å². The van der Waals surface area contributed by atoms with E-state index >= 15 is 0 Å². The minimum Gasteiger partial charge on any atom is -0.493 e. The Hall–Kier alpha value is -0.970. The number of benzene rings is 2. The quantitative estimate of drug-likeness (QED) is 0.879. The van der Waals surface area contributed by atoms with Crippen LogP contribution in [0.2, 0.25) is 0 Å². The lowest BCUT2D eigenvalue weighted by atomic mass is 10.1. The molecule has 0 fully saturated rings. The van der Waals surface area contributed by atoms with Crippen molar-refractivity contribution in [2.45, 2.75) is 23.9 Å². The van der Waals surface area contributed by atoms with Gasteiger partial charge in [-0.25, -0.2) is 0 Å². The van der Waals surface area contributed by atoms with Crippen molar-refractivity contribution in [3.05, 3.63) is 57.6 Å². The molecule has 2 aromatic rings. The third-order valence-electron chi connectivity index (χ3n) is 4.06. The van der Waals surface area contributed by atoms with E-state index in [1.54, 1.807) is 0 Å². The molecule has 0 aliphatic carbocycles. The molecule has 1 atom stereocenters. The van der Waals surface area contributed by atoms with Gasteiger partial charge in [0.1, 0.15) is 5.75 Å². The number of hydrogen-bond acceptors (Lipinski definition) is 3. The molecule has 2 aliphatic rings. The fraction of sp³-hybridized carbons (Fsp3) is 0.294. The van der Waals surface area contributed by atoms with E-state index < -0.39 is 0 Å². The molecule has 0 saturated carbocycles. The third-order valence-corrected chi connectivity index (χ3v) is 5.70. The monoisotopic (exact) mass is 361 g/mol. The highest BCUT2D eigenvalue weighted by Gasteiger charge is 2.23. The molecule has 21 heavy (non-hydrogen) atoms. The van der Waals surface area contributed by atoms with Gasteiger partial charge in [0.2, 0.25) is 0 Å². The van der Waals surface area contributed by atoms with E-state index in [0.29, 0.717) is 6.04 Å². The first kappa shape index (κ1) is 13.7. The summed E-state index contributed by atoms with van der Waals surface area (Å²) >= 11 is 5.54. The van der Waals surface area contributed by atoms with Gasteiger partial charge in [-0.05, 0) is 29.3 Å². The van der Waals surface area contributed by atoms with E-state index in [-0.39, 0.29) is 0 Å². The predicted octanol–water partition coefficient (Wildman–Crippen LogP) is 4.32.